The van der Waals surface area contributed by atoms with Crippen LogP contribution in [0.5, 0.6) is 0 Å². The minimum atomic E-state index is -0.161. The van der Waals surface area contributed by atoms with Gasteiger partial charge in [0.1, 0.15) is 0 Å². The standard InChI is InChI=1S/C14H23ClN4O/c1-3-19-12(13(15)9(2)18-19)8-17-11-6-4-10(5-7-11)14(16)20/h10-11,17H,3-8H2,1-2H3,(H2,16,20). The Hall–Kier alpha value is -1.07. The number of halogens is 1. The van der Waals surface area contributed by atoms with Crippen molar-refractivity contribution >= 4 is 17.5 Å². The topological polar surface area (TPSA) is 72.9 Å². The van der Waals surface area contributed by atoms with Crippen LogP contribution < -0.4 is 11.1 Å². The van der Waals surface area contributed by atoms with Crippen molar-refractivity contribution in [2.75, 3.05) is 0 Å². The molecule has 1 aromatic rings. The highest BCUT2D eigenvalue weighted by Crippen LogP contribution is 2.25. The number of amides is 1. The predicted molar refractivity (Wildman–Crippen MR) is 79.4 cm³/mol. The van der Waals surface area contributed by atoms with Gasteiger partial charge in [-0.05, 0) is 39.5 Å². The summed E-state index contributed by atoms with van der Waals surface area (Å²) in [5.74, 6) is -0.105. The minimum Gasteiger partial charge on any atom is -0.369 e. The largest absolute Gasteiger partial charge is 0.369 e. The molecule has 3 N–H and O–H groups in total. The van der Waals surface area contributed by atoms with Gasteiger partial charge >= 0.3 is 0 Å². The van der Waals surface area contributed by atoms with Crippen LogP contribution in [-0.2, 0) is 17.9 Å². The number of carbonyl (C=O) groups excluding carboxylic acids is 1. The van der Waals surface area contributed by atoms with Gasteiger partial charge in [0.2, 0.25) is 5.91 Å². The maximum atomic E-state index is 11.1. The molecule has 1 aliphatic rings. The number of rotatable bonds is 5. The maximum Gasteiger partial charge on any atom is 0.220 e. The zero-order valence-electron chi connectivity index (χ0n) is 12.2. The lowest BCUT2D eigenvalue weighted by Gasteiger charge is -2.27. The monoisotopic (exact) mass is 298 g/mol. The molecule has 20 heavy (non-hydrogen) atoms. The molecule has 2 rings (SSSR count). The van der Waals surface area contributed by atoms with E-state index in [1.807, 2.05) is 11.6 Å². The smallest absolute Gasteiger partial charge is 0.220 e. The lowest BCUT2D eigenvalue weighted by Crippen LogP contribution is -2.36. The van der Waals surface area contributed by atoms with Gasteiger partial charge in [-0.1, -0.05) is 11.6 Å². The average Bonchev–Trinajstić information content (AvgIpc) is 2.72. The first-order chi connectivity index (χ1) is 9.52. The fraction of sp³-hybridized carbons (Fsp3) is 0.714. The third-order valence-electron chi connectivity index (χ3n) is 4.14. The van der Waals surface area contributed by atoms with Crippen LogP contribution in [-0.4, -0.2) is 21.7 Å². The molecule has 1 saturated carbocycles. The number of hydrogen-bond acceptors (Lipinski definition) is 3. The van der Waals surface area contributed by atoms with Gasteiger partial charge in [-0.15, -0.1) is 0 Å². The van der Waals surface area contributed by atoms with Crippen LogP contribution in [0, 0.1) is 12.8 Å². The van der Waals surface area contributed by atoms with Gasteiger partial charge < -0.3 is 11.1 Å². The molecule has 0 unspecified atom stereocenters. The lowest BCUT2D eigenvalue weighted by atomic mass is 9.85. The molecule has 1 fully saturated rings. The molecular formula is C14H23ClN4O. The molecule has 112 valence electrons. The van der Waals surface area contributed by atoms with Crippen molar-refractivity contribution in [1.29, 1.82) is 0 Å². The van der Waals surface area contributed by atoms with Gasteiger partial charge in [0.15, 0.2) is 0 Å². The molecule has 1 heterocycles. The van der Waals surface area contributed by atoms with Gasteiger partial charge in [-0.2, -0.15) is 5.10 Å². The van der Waals surface area contributed by atoms with Crippen molar-refractivity contribution in [3.8, 4) is 0 Å². The Morgan fingerprint density at radius 2 is 2.10 bits per heavy atom. The Balaban J connectivity index is 1.89. The quantitative estimate of drug-likeness (QED) is 0.873. The van der Waals surface area contributed by atoms with Crippen molar-refractivity contribution in [3.63, 3.8) is 0 Å². The molecule has 0 atom stereocenters. The average molecular weight is 299 g/mol. The summed E-state index contributed by atoms with van der Waals surface area (Å²) in [4.78, 5) is 11.1. The van der Waals surface area contributed by atoms with Crippen LogP contribution in [0.1, 0.15) is 44.0 Å². The number of nitrogens with zero attached hydrogens (tertiary/aromatic N) is 2. The summed E-state index contributed by atoms with van der Waals surface area (Å²) in [6.45, 7) is 5.53. The third kappa shape index (κ3) is 3.33. The Bertz CT molecular complexity index is 478. The molecule has 0 spiro atoms. The van der Waals surface area contributed by atoms with E-state index in [4.69, 9.17) is 17.3 Å². The molecule has 0 aliphatic heterocycles. The molecular weight excluding hydrogens is 276 g/mol. The summed E-state index contributed by atoms with van der Waals surface area (Å²) in [7, 11) is 0. The molecule has 1 aliphatic carbocycles. The van der Waals surface area contributed by atoms with E-state index in [9.17, 15) is 4.79 Å². The zero-order valence-corrected chi connectivity index (χ0v) is 12.9. The van der Waals surface area contributed by atoms with Gasteiger partial charge in [0.25, 0.3) is 0 Å². The van der Waals surface area contributed by atoms with Crippen LogP contribution in [0.15, 0.2) is 0 Å². The Labute approximate surface area is 124 Å². The Morgan fingerprint density at radius 3 is 2.65 bits per heavy atom. The number of carbonyl (C=O) groups is 1. The van der Waals surface area contributed by atoms with Crippen molar-refractivity contribution < 1.29 is 4.79 Å². The van der Waals surface area contributed by atoms with E-state index >= 15 is 0 Å². The lowest BCUT2D eigenvalue weighted by molar-refractivity contribution is -0.122. The van der Waals surface area contributed by atoms with Crippen molar-refractivity contribution in [2.45, 2.75) is 58.7 Å². The minimum absolute atomic E-state index is 0.0556. The normalized spacial score (nSPS) is 22.9. The van der Waals surface area contributed by atoms with Gasteiger partial charge in [-0.3, -0.25) is 9.48 Å². The molecule has 1 amide bonds. The highest BCUT2D eigenvalue weighted by molar-refractivity contribution is 6.31. The van der Waals surface area contributed by atoms with Crippen LogP contribution in [0.4, 0.5) is 0 Å². The summed E-state index contributed by atoms with van der Waals surface area (Å²) in [6, 6.07) is 0.433. The highest BCUT2D eigenvalue weighted by atomic mass is 35.5. The van der Waals surface area contributed by atoms with Crippen LogP contribution in [0.3, 0.4) is 0 Å². The number of nitrogens with two attached hydrogens (primary N) is 1. The fourth-order valence-electron chi connectivity index (χ4n) is 2.86. The Kier molecular flexibility index (Phi) is 5.05. The van der Waals surface area contributed by atoms with Gasteiger partial charge in [0, 0.05) is 25.0 Å². The second-order valence-electron chi connectivity index (χ2n) is 5.49. The van der Waals surface area contributed by atoms with E-state index in [0.29, 0.717) is 6.04 Å². The first-order valence-electron chi connectivity index (χ1n) is 7.27. The summed E-state index contributed by atoms with van der Waals surface area (Å²) in [5.41, 5.74) is 7.27. The number of aryl methyl sites for hydroxylation is 2. The highest BCUT2D eigenvalue weighted by Gasteiger charge is 2.24. The van der Waals surface area contributed by atoms with E-state index in [1.165, 1.54) is 0 Å². The second-order valence-corrected chi connectivity index (χ2v) is 5.87. The SMILES string of the molecule is CCn1nc(C)c(Cl)c1CNC1CCC(C(N)=O)CC1. The van der Waals surface area contributed by atoms with Crippen LogP contribution in [0.2, 0.25) is 5.02 Å². The second kappa shape index (κ2) is 6.59. The number of hydrogen-bond donors (Lipinski definition) is 2. The van der Waals surface area contributed by atoms with E-state index in [-0.39, 0.29) is 11.8 Å². The fourth-order valence-corrected chi connectivity index (χ4v) is 3.06. The molecule has 1 aromatic heterocycles. The van der Waals surface area contributed by atoms with Crippen LogP contribution in [0.25, 0.3) is 0 Å². The van der Waals surface area contributed by atoms with Crippen molar-refractivity contribution in [2.24, 2.45) is 11.7 Å². The first-order valence-corrected chi connectivity index (χ1v) is 7.65. The van der Waals surface area contributed by atoms with E-state index in [0.717, 1.165) is 55.2 Å². The summed E-state index contributed by atoms with van der Waals surface area (Å²) in [6.07, 6.45) is 3.74. The maximum absolute atomic E-state index is 11.1. The van der Waals surface area contributed by atoms with E-state index in [2.05, 4.69) is 17.3 Å². The predicted octanol–water partition coefficient (Wildman–Crippen LogP) is 2.00. The summed E-state index contributed by atoms with van der Waals surface area (Å²) >= 11 is 6.29. The molecule has 0 bridgehead atoms. The summed E-state index contributed by atoms with van der Waals surface area (Å²) in [5, 5.41) is 8.69. The van der Waals surface area contributed by atoms with E-state index < -0.39 is 0 Å². The van der Waals surface area contributed by atoms with Gasteiger partial charge in [0.05, 0.1) is 16.4 Å². The first kappa shape index (κ1) is 15.3. The number of primary amides is 1. The number of nitrogens with one attached hydrogen (secondary N) is 1. The van der Waals surface area contributed by atoms with Crippen molar-refractivity contribution in [1.82, 2.24) is 15.1 Å². The zero-order chi connectivity index (χ0) is 14.7. The Morgan fingerprint density at radius 1 is 1.45 bits per heavy atom. The molecule has 0 saturated heterocycles. The molecule has 5 nitrogen and oxygen atoms in total. The molecule has 6 heteroatoms. The van der Waals surface area contributed by atoms with Gasteiger partial charge in [-0.25, -0.2) is 0 Å². The van der Waals surface area contributed by atoms with E-state index in [1.54, 1.807) is 0 Å². The summed E-state index contributed by atoms with van der Waals surface area (Å²) < 4.78 is 1.94. The number of aromatic nitrogens is 2. The molecule has 0 radical (unpaired) electrons. The van der Waals surface area contributed by atoms with Crippen LogP contribution >= 0.6 is 11.6 Å². The third-order valence-corrected chi connectivity index (χ3v) is 4.63. The van der Waals surface area contributed by atoms with Crippen molar-refractivity contribution in [3.05, 3.63) is 16.4 Å². The molecule has 0 aromatic carbocycles.